The maximum atomic E-state index is 13.0. The van der Waals surface area contributed by atoms with Gasteiger partial charge in [-0.2, -0.15) is 0 Å². The van der Waals surface area contributed by atoms with Crippen molar-refractivity contribution in [2.75, 3.05) is 0 Å². The van der Waals surface area contributed by atoms with Crippen LogP contribution in [0.3, 0.4) is 0 Å². The number of amides is 1. The van der Waals surface area contributed by atoms with Gasteiger partial charge < -0.3 is 5.32 Å². The Morgan fingerprint density at radius 2 is 1.89 bits per heavy atom. The molecule has 1 N–H and O–H groups in total. The third kappa shape index (κ3) is 3.57. The Bertz CT molecular complexity index is 1150. The summed E-state index contributed by atoms with van der Waals surface area (Å²) >= 11 is 6.30. The first kappa shape index (κ1) is 18.1. The van der Waals surface area contributed by atoms with E-state index < -0.39 is 0 Å². The largest absolute Gasteiger partial charge is 0.348 e. The summed E-state index contributed by atoms with van der Waals surface area (Å²) in [7, 11) is 0. The maximum absolute atomic E-state index is 13.0. The van der Waals surface area contributed by atoms with Crippen LogP contribution in [-0.2, 0) is 6.54 Å². The number of aromatic nitrogens is 3. The molecule has 0 spiro atoms. The van der Waals surface area contributed by atoms with E-state index in [2.05, 4.69) is 15.3 Å². The highest BCUT2D eigenvalue weighted by Gasteiger charge is 2.16. The normalized spacial score (nSPS) is 10.8. The number of carbonyl (C=O) groups is 1. The van der Waals surface area contributed by atoms with Crippen molar-refractivity contribution < 1.29 is 4.79 Å². The van der Waals surface area contributed by atoms with Crippen molar-refractivity contribution in [3.8, 4) is 11.3 Å². The Balaban J connectivity index is 1.79. The zero-order valence-corrected chi connectivity index (χ0v) is 15.9. The summed E-state index contributed by atoms with van der Waals surface area (Å²) in [6, 6.07) is 12.9. The van der Waals surface area contributed by atoms with Crippen LogP contribution in [0.5, 0.6) is 0 Å². The quantitative estimate of drug-likeness (QED) is 0.555. The van der Waals surface area contributed by atoms with Gasteiger partial charge in [0.15, 0.2) is 0 Å². The van der Waals surface area contributed by atoms with Gasteiger partial charge >= 0.3 is 0 Å². The van der Waals surface area contributed by atoms with Gasteiger partial charge in [0.05, 0.1) is 16.8 Å². The third-order valence-corrected chi connectivity index (χ3v) is 4.98. The molecule has 4 aromatic rings. The van der Waals surface area contributed by atoms with Gasteiger partial charge in [-0.15, -0.1) is 0 Å². The molecular weight excluding hydrogens is 372 g/mol. The average Bonchev–Trinajstić information content (AvgIpc) is 2.75. The molecule has 0 bridgehead atoms. The van der Waals surface area contributed by atoms with Gasteiger partial charge in [0.1, 0.15) is 0 Å². The van der Waals surface area contributed by atoms with Gasteiger partial charge in [0.2, 0.25) is 0 Å². The molecule has 0 saturated carbocycles. The summed E-state index contributed by atoms with van der Waals surface area (Å²) in [5, 5.41) is 4.36. The van der Waals surface area contributed by atoms with Crippen molar-refractivity contribution in [3.63, 3.8) is 0 Å². The number of fused-ring (bicyclic) bond motifs is 1. The SMILES string of the molecule is Cc1c(Cl)ccc2c(C(=O)NCc3ccncc3)cc(-c3cccnc3)nc12. The molecule has 1 amide bonds. The monoisotopic (exact) mass is 388 g/mol. The molecule has 138 valence electrons. The van der Waals surface area contributed by atoms with Crippen LogP contribution in [0, 0.1) is 6.92 Å². The number of hydrogen-bond donors (Lipinski definition) is 1. The fourth-order valence-corrected chi connectivity index (χ4v) is 3.18. The lowest BCUT2D eigenvalue weighted by Gasteiger charge is -2.13. The van der Waals surface area contributed by atoms with Gasteiger partial charge in [-0.25, -0.2) is 4.98 Å². The molecule has 1 aromatic carbocycles. The van der Waals surface area contributed by atoms with Crippen LogP contribution >= 0.6 is 11.6 Å². The van der Waals surface area contributed by atoms with E-state index >= 15 is 0 Å². The molecule has 28 heavy (non-hydrogen) atoms. The lowest BCUT2D eigenvalue weighted by Crippen LogP contribution is -2.23. The van der Waals surface area contributed by atoms with Crippen molar-refractivity contribution in [3.05, 3.63) is 89.0 Å². The number of benzene rings is 1. The van der Waals surface area contributed by atoms with Crippen LogP contribution in [0.1, 0.15) is 21.5 Å². The molecule has 4 rings (SSSR count). The van der Waals surface area contributed by atoms with E-state index in [4.69, 9.17) is 16.6 Å². The van der Waals surface area contributed by atoms with E-state index in [-0.39, 0.29) is 5.91 Å². The number of halogens is 1. The van der Waals surface area contributed by atoms with Gasteiger partial charge in [0, 0.05) is 47.3 Å². The summed E-state index contributed by atoms with van der Waals surface area (Å²) in [5.74, 6) is -0.170. The number of nitrogens with one attached hydrogen (secondary N) is 1. The average molecular weight is 389 g/mol. The fraction of sp³-hybridized carbons (Fsp3) is 0.0909. The molecule has 3 aromatic heterocycles. The molecular formula is C22H17ClN4O. The predicted molar refractivity (Wildman–Crippen MR) is 110 cm³/mol. The number of carbonyl (C=O) groups excluding carboxylic acids is 1. The van der Waals surface area contributed by atoms with E-state index in [0.29, 0.717) is 28.3 Å². The summed E-state index contributed by atoms with van der Waals surface area (Å²) in [5.41, 5.74) is 4.61. The van der Waals surface area contributed by atoms with Crippen LogP contribution in [-0.4, -0.2) is 20.9 Å². The molecule has 0 unspecified atom stereocenters. The second kappa shape index (κ2) is 7.74. The first-order valence-corrected chi connectivity index (χ1v) is 9.18. The smallest absolute Gasteiger partial charge is 0.252 e. The summed E-state index contributed by atoms with van der Waals surface area (Å²) < 4.78 is 0. The lowest BCUT2D eigenvalue weighted by atomic mass is 10.0. The highest BCUT2D eigenvalue weighted by atomic mass is 35.5. The number of nitrogens with zero attached hydrogens (tertiary/aromatic N) is 3. The topological polar surface area (TPSA) is 67.8 Å². The van der Waals surface area contributed by atoms with Crippen LogP contribution in [0.2, 0.25) is 5.02 Å². The second-order valence-corrected chi connectivity index (χ2v) is 6.81. The summed E-state index contributed by atoms with van der Waals surface area (Å²) in [6.45, 7) is 2.32. The molecule has 0 fully saturated rings. The van der Waals surface area contributed by atoms with Crippen molar-refractivity contribution in [1.82, 2.24) is 20.3 Å². The molecule has 0 radical (unpaired) electrons. The van der Waals surface area contributed by atoms with Crippen LogP contribution in [0.4, 0.5) is 0 Å². The van der Waals surface area contributed by atoms with Gasteiger partial charge in [-0.05, 0) is 54.4 Å². The van der Waals surface area contributed by atoms with E-state index in [9.17, 15) is 4.79 Å². The molecule has 0 aliphatic heterocycles. The zero-order valence-electron chi connectivity index (χ0n) is 15.2. The standard InChI is InChI=1S/C22H17ClN4O/c1-14-19(23)5-4-17-18(22(28)26-12-15-6-9-24-10-7-15)11-20(27-21(14)17)16-3-2-8-25-13-16/h2-11,13H,12H2,1H3,(H,26,28). The molecule has 6 heteroatoms. The number of pyridine rings is 3. The first-order valence-electron chi connectivity index (χ1n) is 8.81. The van der Waals surface area contributed by atoms with E-state index in [1.165, 1.54) is 0 Å². The molecule has 0 aliphatic carbocycles. The number of hydrogen-bond acceptors (Lipinski definition) is 4. The fourth-order valence-electron chi connectivity index (χ4n) is 3.03. The third-order valence-electron chi connectivity index (χ3n) is 4.57. The minimum absolute atomic E-state index is 0.170. The Hall–Kier alpha value is -3.31. The highest BCUT2D eigenvalue weighted by Crippen LogP contribution is 2.30. The van der Waals surface area contributed by atoms with Gasteiger partial charge in [-0.1, -0.05) is 17.7 Å². The number of rotatable bonds is 4. The van der Waals surface area contributed by atoms with Crippen molar-refractivity contribution >= 4 is 28.4 Å². The Morgan fingerprint density at radius 3 is 2.64 bits per heavy atom. The molecule has 0 saturated heterocycles. The molecule has 0 aliphatic rings. The second-order valence-electron chi connectivity index (χ2n) is 6.40. The molecule has 5 nitrogen and oxygen atoms in total. The van der Waals surface area contributed by atoms with Crippen LogP contribution < -0.4 is 5.32 Å². The maximum Gasteiger partial charge on any atom is 0.252 e. The van der Waals surface area contributed by atoms with Crippen molar-refractivity contribution in [2.24, 2.45) is 0 Å². The predicted octanol–water partition coefficient (Wildman–Crippen LogP) is 4.58. The van der Waals surface area contributed by atoms with E-state index in [0.717, 1.165) is 22.1 Å². The molecule has 3 heterocycles. The summed E-state index contributed by atoms with van der Waals surface area (Å²) in [6.07, 6.45) is 6.84. The Morgan fingerprint density at radius 1 is 1.07 bits per heavy atom. The van der Waals surface area contributed by atoms with Crippen LogP contribution in [0.15, 0.2) is 67.3 Å². The van der Waals surface area contributed by atoms with E-state index in [1.807, 2.05) is 37.3 Å². The lowest BCUT2D eigenvalue weighted by molar-refractivity contribution is 0.0952. The Labute approximate surface area is 167 Å². The number of aryl methyl sites for hydroxylation is 1. The zero-order chi connectivity index (χ0) is 19.5. The first-order chi connectivity index (χ1) is 13.6. The Kier molecular flexibility index (Phi) is 5.00. The molecule has 0 atom stereocenters. The van der Waals surface area contributed by atoms with Crippen molar-refractivity contribution in [1.29, 1.82) is 0 Å². The minimum Gasteiger partial charge on any atom is -0.348 e. The van der Waals surface area contributed by atoms with Crippen molar-refractivity contribution in [2.45, 2.75) is 13.5 Å². The van der Waals surface area contributed by atoms with E-state index in [1.54, 1.807) is 36.9 Å². The highest BCUT2D eigenvalue weighted by molar-refractivity contribution is 6.32. The van der Waals surface area contributed by atoms with Gasteiger partial charge in [-0.3, -0.25) is 14.8 Å². The minimum atomic E-state index is -0.170. The summed E-state index contributed by atoms with van der Waals surface area (Å²) in [4.78, 5) is 25.9. The van der Waals surface area contributed by atoms with Gasteiger partial charge in [0.25, 0.3) is 5.91 Å². The van der Waals surface area contributed by atoms with Crippen LogP contribution in [0.25, 0.3) is 22.2 Å².